The zero-order chi connectivity index (χ0) is 50.3. The average molecular weight is 968 g/mol. The van der Waals surface area contributed by atoms with Crippen LogP contribution in [0.25, 0.3) is 11.1 Å². The highest BCUT2D eigenvalue weighted by molar-refractivity contribution is 5.90. The van der Waals surface area contributed by atoms with Crippen LogP contribution in [0.15, 0.2) is 103 Å². The molecule has 0 saturated carbocycles. The second-order valence-corrected chi connectivity index (χ2v) is 16.0. The molecule has 4 aromatic rings. The number of benzene rings is 4. The van der Waals surface area contributed by atoms with Crippen molar-refractivity contribution in [1.29, 1.82) is 0 Å². The normalized spacial score (nSPS) is 18.8. The lowest BCUT2D eigenvalue weighted by Crippen LogP contribution is -2.64. The van der Waals surface area contributed by atoms with Crippen LogP contribution in [0, 0.1) is 0 Å². The molecule has 0 unspecified atom stereocenters. The van der Waals surface area contributed by atoms with Gasteiger partial charge in [0.15, 0.2) is 24.4 Å². The molecule has 370 valence electrons. The number of hydrogen-bond acceptors (Lipinski definition) is 17. The monoisotopic (exact) mass is 967 g/mol. The molecule has 0 radical (unpaired) electrons. The Morgan fingerprint density at radius 3 is 1.86 bits per heavy atom. The van der Waals surface area contributed by atoms with Crippen molar-refractivity contribution >= 4 is 47.8 Å². The van der Waals surface area contributed by atoms with E-state index < -0.39 is 97.2 Å². The summed E-state index contributed by atoms with van der Waals surface area (Å²) in [5.74, 6) is -5.85. The fourth-order valence-electron chi connectivity index (χ4n) is 7.75. The Kier molecular flexibility index (Phi) is 18.0. The first-order valence-corrected chi connectivity index (χ1v) is 22.1. The second kappa shape index (κ2) is 24.4. The van der Waals surface area contributed by atoms with Gasteiger partial charge in [-0.15, -0.1) is 0 Å². The summed E-state index contributed by atoms with van der Waals surface area (Å²) >= 11 is 0. The van der Waals surface area contributed by atoms with Crippen molar-refractivity contribution in [2.24, 2.45) is 0 Å². The number of amides is 3. The van der Waals surface area contributed by atoms with Gasteiger partial charge < -0.3 is 58.6 Å². The molecule has 20 heteroatoms. The molecule has 1 saturated heterocycles. The highest BCUT2D eigenvalue weighted by atomic mass is 16.7. The molecule has 1 fully saturated rings. The fraction of sp³-hybridized carbons (Fsp3) is 0.360. The summed E-state index contributed by atoms with van der Waals surface area (Å²) in [6.07, 6.45) is -10.1. The van der Waals surface area contributed by atoms with Crippen molar-refractivity contribution < 1.29 is 81.0 Å². The molecule has 1 heterocycles. The van der Waals surface area contributed by atoms with Gasteiger partial charge >= 0.3 is 35.9 Å². The Balaban J connectivity index is 1.13. The number of fused-ring (bicyclic) bond motifs is 3. The Bertz CT molecular complexity index is 2470. The second-order valence-electron chi connectivity index (χ2n) is 16.0. The summed E-state index contributed by atoms with van der Waals surface area (Å²) < 4.78 is 49.3. The molecule has 70 heavy (non-hydrogen) atoms. The van der Waals surface area contributed by atoms with E-state index in [1.54, 1.807) is 12.1 Å². The number of methoxy groups -OCH3 is 1. The molecule has 1 aliphatic carbocycles. The van der Waals surface area contributed by atoms with E-state index in [1.165, 1.54) is 31.2 Å². The standard InChI is InChI=1S/C50H53N3O17/c1-28(47(59)63-25-33-13-7-6-8-14-33)65-27-52-41(57)24-51-46(58)40(53-50(61)64-26-39-37-17-11-9-15-35(37)36-16-10-12-18-38(36)39)23-32-19-21-34(22-20-32)69-49-45(68-31(4)56)43(67-30(3)55)42(66-29(2)54)44(70-49)48(60)62-5/h6-22,28,39-40,42-45,49H,23-27H2,1-5H3,(H,51,58)(H,52,57)(H,53,61)/t28-,40+,42+,43+,44+,45-,49-/m1/s1. The minimum absolute atomic E-state index is 0.0429. The molecule has 3 amide bonds. The molecular weight excluding hydrogens is 915 g/mol. The number of ether oxygens (including phenoxy) is 9. The average Bonchev–Trinajstić information content (AvgIpc) is 3.66. The van der Waals surface area contributed by atoms with Crippen LogP contribution in [0.1, 0.15) is 55.9 Å². The van der Waals surface area contributed by atoms with Crippen LogP contribution in [0.2, 0.25) is 0 Å². The number of hydrogen-bond donors (Lipinski definition) is 3. The summed E-state index contributed by atoms with van der Waals surface area (Å²) in [6.45, 7) is 3.74. The van der Waals surface area contributed by atoms with Crippen LogP contribution in [0.4, 0.5) is 4.79 Å². The van der Waals surface area contributed by atoms with Crippen LogP contribution >= 0.6 is 0 Å². The first-order valence-electron chi connectivity index (χ1n) is 22.1. The van der Waals surface area contributed by atoms with Gasteiger partial charge in [0, 0.05) is 33.1 Å². The van der Waals surface area contributed by atoms with Gasteiger partial charge in [-0.25, -0.2) is 14.4 Å². The molecule has 1 aliphatic heterocycles. The predicted octanol–water partition coefficient (Wildman–Crippen LogP) is 3.55. The van der Waals surface area contributed by atoms with Gasteiger partial charge in [0.2, 0.25) is 24.2 Å². The van der Waals surface area contributed by atoms with E-state index in [2.05, 4.69) is 16.0 Å². The van der Waals surface area contributed by atoms with Crippen LogP contribution in [0.5, 0.6) is 5.75 Å². The van der Waals surface area contributed by atoms with Crippen LogP contribution < -0.4 is 20.7 Å². The Morgan fingerprint density at radius 2 is 1.24 bits per heavy atom. The molecule has 2 aliphatic rings. The van der Waals surface area contributed by atoms with Crippen molar-refractivity contribution in [3.63, 3.8) is 0 Å². The summed E-state index contributed by atoms with van der Waals surface area (Å²) in [6, 6.07) is 29.3. The fourth-order valence-corrected chi connectivity index (χ4v) is 7.75. The predicted molar refractivity (Wildman–Crippen MR) is 243 cm³/mol. The highest BCUT2D eigenvalue weighted by Gasteiger charge is 2.56. The Morgan fingerprint density at radius 1 is 0.657 bits per heavy atom. The van der Waals surface area contributed by atoms with Crippen LogP contribution in [-0.4, -0.2) is 118 Å². The van der Waals surface area contributed by atoms with Gasteiger partial charge in [-0.3, -0.25) is 24.0 Å². The van der Waals surface area contributed by atoms with E-state index in [4.69, 9.17) is 42.6 Å². The maximum absolute atomic E-state index is 13.8. The molecule has 4 aromatic carbocycles. The molecule has 0 spiro atoms. The van der Waals surface area contributed by atoms with Gasteiger partial charge in [-0.2, -0.15) is 0 Å². The third kappa shape index (κ3) is 13.9. The van der Waals surface area contributed by atoms with Crippen molar-refractivity contribution in [2.75, 3.05) is 27.0 Å². The first kappa shape index (κ1) is 51.5. The molecule has 7 atom stereocenters. The molecule has 20 nitrogen and oxygen atoms in total. The van der Waals surface area contributed by atoms with Gasteiger partial charge in [0.25, 0.3) is 0 Å². The van der Waals surface area contributed by atoms with Gasteiger partial charge in [0.05, 0.1) is 13.7 Å². The molecule has 0 bridgehead atoms. The van der Waals surface area contributed by atoms with E-state index in [0.29, 0.717) is 5.56 Å². The summed E-state index contributed by atoms with van der Waals surface area (Å²) in [7, 11) is 1.06. The van der Waals surface area contributed by atoms with E-state index in [1.807, 2.05) is 66.7 Å². The van der Waals surface area contributed by atoms with Gasteiger partial charge in [-0.1, -0.05) is 91.0 Å². The summed E-state index contributed by atoms with van der Waals surface area (Å²) in [4.78, 5) is 102. The maximum atomic E-state index is 13.8. The number of esters is 5. The van der Waals surface area contributed by atoms with Crippen molar-refractivity contribution in [3.05, 3.63) is 125 Å². The van der Waals surface area contributed by atoms with E-state index >= 15 is 0 Å². The molecule has 3 N–H and O–H groups in total. The summed E-state index contributed by atoms with van der Waals surface area (Å²) in [5.41, 5.74) is 5.26. The largest absolute Gasteiger partial charge is 0.467 e. The third-order valence-corrected chi connectivity index (χ3v) is 11.0. The minimum atomic E-state index is -1.69. The Hall–Kier alpha value is -7.84. The smallest absolute Gasteiger partial charge is 0.407 e. The van der Waals surface area contributed by atoms with Crippen molar-refractivity contribution in [3.8, 4) is 16.9 Å². The molecule has 0 aromatic heterocycles. The molecular formula is C50H53N3O17. The van der Waals surface area contributed by atoms with E-state index in [0.717, 1.165) is 55.7 Å². The molecule has 6 rings (SSSR count). The van der Waals surface area contributed by atoms with Crippen molar-refractivity contribution in [1.82, 2.24) is 16.0 Å². The van der Waals surface area contributed by atoms with E-state index in [-0.39, 0.29) is 38.0 Å². The highest BCUT2D eigenvalue weighted by Crippen LogP contribution is 2.44. The third-order valence-electron chi connectivity index (χ3n) is 11.0. The summed E-state index contributed by atoms with van der Waals surface area (Å²) in [5, 5.41) is 7.59. The SMILES string of the molecule is COC(=O)[C@H]1O[C@@H](Oc2ccc(C[C@H](NC(=O)OCC3c4ccccc4-c4ccccc43)C(=O)NCC(=O)NCO[C@H](C)C(=O)OCc3ccccc3)cc2)[C@H](OC(C)=O)[C@@H](OC(C)=O)[C@@H]1OC(C)=O. The number of alkyl carbamates (subject to hydrolysis) is 1. The number of rotatable bonds is 20. The van der Waals surface area contributed by atoms with Crippen LogP contribution in [-0.2, 0) is 84.5 Å². The lowest BCUT2D eigenvalue weighted by atomic mass is 9.97. The number of nitrogens with one attached hydrogen (secondary N) is 3. The number of carbonyl (C=O) groups excluding carboxylic acids is 8. The van der Waals surface area contributed by atoms with E-state index in [9.17, 15) is 38.4 Å². The quantitative estimate of drug-likeness (QED) is 0.0650. The maximum Gasteiger partial charge on any atom is 0.407 e. The van der Waals surface area contributed by atoms with Gasteiger partial charge in [-0.05, 0) is 52.4 Å². The van der Waals surface area contributed by atoms with Gasteiger partial charge in [0.1, 0.15) is 31.7 Å². The first-order chi connectivity index (χ1) is 33.6. The Labute approximate surface area is 402 Å². The zero-order valence-electron chi connectivity index (χ0n) is 38.9. The van der Waals surface area contributed by atoms with Crippen molar-refractivity contribution in [2.45, 2.75) is 89.5 Å². The minimum Gasteiger partial charge on any atom is -0.467 e. The number of carbonyl (C=O) groups is 8. The van der Waals surface area contributed by atoms with Crippen LogP contribution in [0.3, 0.4) is 0 Å². The zero-order valence-corrected chi connectivity index (χ0v) is 38.9. The topological polar surface area (TPSA) is 256 Å². The lowest BCUT2D eigenvalue weighted by molar-refractivity contribution is -0.282. The lowest BCUT2D eigenvalue weighted by Gasteiger charge is -2.43.